The van der Waals surface area contributed by atoms with E-state index in [0.29, 0.717) is 29.0 Å². The third kappa shape index (κ3) is 9.07. The van der Waals surface area contributed by atoms with Crippen LogP contribution < -0.4 is 19.7 Å². The van der Waals surface area contributed by atoms with Crippen molar-refractivity contribution in [1.29, 1.82) is 0 Å². The van der Waals surface area contributed by atoms with Gasteiger partial charge in [0.15, 0.2) is 0 Å². The topological polar surface area (TPSA) is 117 Å². The van der Waals surface area contributed by atoms with Gasteiger partial charge in [-0.3, -0.25) is 9.10 Å². The number of likely N-dealkylation sites (tertiary alicyclic amines) is 1. The van der Waals surface area contributed by atoms with Crippen LogP contribution >= 0.6 is 0 Å². The number of sulfonamides is 1. The number of halogens is 3. The summed E-state index contributed by atoms with van der Waals surface area (Å²) in [6.07, 6.45) is 0.622. The number of aryl methyl sites for hydroxylation is 3. The molecular formula is C31H39F3N6O4S. The highest BCUT2D eigenvalue weighted by atomic mass is 32.2. The molecule has 1 aromatic heterocycles. The minimum absolute atomic E-state index is 0.0904. The summed E-state index contributed by atoms with van der Waals surface area (Å²) in [6, 6.07) is 9.87. The van der Waals surface area contributed by atoms with Gasteiger partial charge in [-0.15, -0.1) is 0 Å². The van der Waals surface area contributed by atoms with Gasteiger partial charge in [-0.05, 0) is 81.1 Å². The van der Waals surface area contributed by atoms with E-state index in [1.54, 1.807) is 43.3 Å². The fraction of sp³-hybridized carbons (Fsp3) is 0.452. The number of rotatable bonds is 12. The van der Waals surface area contributed by atoms with Gasteiger partial charge >= 0.3 is 6.18 Å². The van der Waals surface area contributed by atoms with Gasteiger partial charge in [-0.2, -0.15) is 13.2 Å². The summed E-state index contributed by atoms with van der Waals surface area (Å²) in [5.74, 6) is -0.0637. The van der Waals surface area contributed by atoms with Crippen molar-refractivity contribution in [2.45, 2.75) is 45.2 Å². The Kier molecular flexibility index (Phi) is 10.9. The Bertz CT molecular complexity index is 1610. The van der Waals surface area contributed by atoms with E-state index in [1.165, 1.54) is 33.4 Å². The molecule has 1 aliphatic heterocycles. The number of nitrogens with zero attached hydrogens (tertiary/aromatic N) is 4. The summed E-state index contributed by atoms with van der Waals surface area (Å²) in [6.45, 7) is 5.15. The Morgan fingerprint density at radius 2 is 1.82 bits per heavy atom. The van der Waals surface area contributed by atoms with Gasteiger partial charge < -0.3 is 20.3 Å². The molecule has 0 saturated carbocycles. The maximum absolute atomic E-state index is 13.9. The van der Waals surface area contributed by atoms with Crippen molar-refractivity contribution >= 4 is 33.3 Å². The fourth-order valence-electron chi connectivity index (χ4n) is 5.18. The van der Waals surface area contributed by atoms with Crippen LogP contribution in [0.1, 0.15) is 52.0 Å². The molecule has 1 amide bonds. The first-order valence-corrected chi connectivity index (χ1v) is 16.5. The summed E-state index contributed by atoms with van der Waals surface area (Å²) < 4.78 is 72.8. The third-order valence-corrected chi connectivity index (χ3v) is 8.95. The van der Waals surface area contributed by atoms with Crippen molar-refractivity contribution in [1.82, 2.24) is 20.2 Å². The first-order chi connectivity index (χ1) is 21.3. The lowest BCUT2D eigenvalue weighted by Gasteiger charge is -2.26. The second-order valence-electron chi connectivity index (χ2n) is 11.1. The number of hydrogen-bond donors (Lipinski definition) is 2. The molecule has 4 rings (SSSR count). The van der Waals surface area contributed by atoms with Crippen LogP contribution in [-0.2, 0) is 29.0 Å². The SMILES string of the molecule is COc1cc(C(=O)NCCN2CCCCC2)ccc1Nc1ncc(C(F)(F)F)c(CCc2ccc(C)cc2N(C)S(C)(=O)=O)n1. The summed E-state index contributed by atoms with van der Waals surface area (Å²) in [7, 11) is -0.774. The molecule has 0 radical (unpaired) electrons. The predicted molar refractivity (Wildman–Crippen MR) is 168 cm³/mol. The van der Waals surface area contributed by atoms with Crippen molar-refractivity contribution < 1.29 is 31.1 Å². The quantitative estimate of drug-likeness (QED) is 0.284. The number of ether oxygens (including phenoxy) is 1. The molecule has 2 N–H and O–H groups in total. The number of alkyl halides is 3. The zero-order valence-electron chi connectivity index (χ0n) is 25.9. The molecular weight excluding hydrogens is 609 g/mol. The lowest BCUT2D eigenvalue weighted by molar-refractivity contribution is -0.138. The first-order valence-electron chi connectivity index (χ1n) is 14.7. The number of hydrogen-bond acceptors (Lipinski definition) is 8. The van der Waals surface area contributed by atoms with Crippen LogP contribution in [0.25, 0.3) is 0 Å². The molecule has 1 aliphatic rings. The molecule has 0 spiro atoms. The lowest BCUT2D eigenvalue weighted by atomic mass is 10.0. The Morgan fingerprint density at radius 1 is 1.09 bits per heavy atom. The molecule has 1 fully saturated rings. The minimum atomic E-state index is -4.70. The molecule has 1 saturated heterocycles. The molecule has 0 aliphatic carbocycles. The highest BCUT2D eigenvalue weighted by Gasteiger charge is 2.35. The summed E-state index contributed by atoms with van der Waals surface area (Å²) in [4.78, 5) is 23.2. The van der Waals surface area contributed by atoms with E-state index in [1.807, 2.05) is 0 Å². The van der Waals surface area contributed by atoms with Crippen molar-refractivity contribution in [3.63, 3.8) is 0 Å². The molecule has 2 heterocycles. The van der Waals surface area contributed by atoms with Gasteiger partial charge in [0.05, 0.1) is 36.0 Å². The smallest absolute Gasteiger partial charge is 0.419 e. The number of benzene rings is 2. The van der Waals surface area contributed by atoms with E-state index in [9.17, 15) is 26.4 Å². The fourth-order valence-corrected chi connectivity index (χ4v) is 5.71. The number of methoxy groups -OCH3 is 1. The van der Waals surface area contributed by atoms with E-state index >= 15 is 0 Å². The maximum Gasteiger partial charge on any atom is 0.419 e. The Hall–Kier alpha value is -3.91. The summed E-state index contributed by atoms with van der Waals surface area (Å²) >= 11 is 0. The molecule has 2 aromatic carbocycles. The van der Waals surface area contributed by atoms with E-state index in [2.05, 4.69) is 25.5 Å². The summed E-state index contributed by atoms with van der Waals surface area (Å²) in [5, 5.41) is 5.83. The second-order valence-corrected chi connectivity index (χ2v) is 13.1. The highest BCUT2D eigenvalue weighted by Crippen LogP contribution is 2.34. The normalized spacial score (nSPS) is 14.2. The molecule has 45 heavy (non-hydrogen) atoms. The standard InChI is InChI=1S/C31H39F3N6O4S/c1-21-8-9-22(27(18-21)39(2)45(4,42)43)10-12-25-24(31(32,33)34)20-36-30(37-25)38-26-13-11-23(19-28(26)44-3)29(41)35-14-17-40-15-6-5-7-16-40/h8-9,11,13,18-20H,5-7,10,12,14-17H2,1-4H3,(H,35,41)(H,36,37,38). The van der Waals surface area contributed by atoms with Crippen LogP contribution in [0.5, 0.6) is 5.75 Å². The van der Waals surface area contributed by atoms with Crippen molar-refractivity contribution in [2.24, 2.45) is 0 Å². The molecule has 0 unspecified atom stereocenters. The van der Waals surface area contributed by atoms with Crippen LogP contribution in [-0.4, -0.2) is 75.8 Å². The number of aromatic nitrogens is 2. The average molecular weight is 649 g/mol. The van der Waals surface area contributed by atoms with Crippen molar-refractivity contribution in [3.05, 3.63) is 70.5 Å². The molecule has 10 nitrogen and oxygen atoms in total. The van der Waals surface area contributed by atoms with Gasteiger partial charge in [-0.25, -0.2) is 18.4 Å². The van der Waals surface area contributed by atoms with Gasteiger partial charge in [0.1, 0.15) is 5.75 Å². The first kappa shape index (κ1) is 34.0. The lowest BCUT2D eigenvalue weighted by Crippen LogP contribution is -2.37. The van der Waals surface area contributed by atoms with E-state index in [4.69, 9.17) is 4.74 Å². The zero-order chi connectivity index (χ0) is 32.8. The molecule has 14 heteroatoms. The molecule has 3 aromatic rings. The van der Waals surface area contributed by atoms with Crippen LogP contribution in [0.15, 0.2) is 42.6 Å². The van der Waals surface area contributed by atoms with Crippen LogP contribution in [0.3, 0.4) is 0 Å². The Balaban J connectivity index is 1.51. The number of amides is 1. The summed E-state index contributed by atoms with van der Waals surface area (Å²) in [5.41, 5.74) is 1.25. The number of nitrogens with one attached hydrogen (secondary N) is 2. The monoisotopic (exact) mass is 648 g/mol. The highest BCUT2D eigenvalue weighted by molar-refractivity contribution is 7.92. The Morgan fingerprint density at radius 3 is 2.49 bits per heavy atom. The van der Waals surface area contributed by atoms with Crippen molar-refractivity contribution in [3.8, 4) is 5.75 Å². The van der Waals surface area contributed by atoms with Crippen molar-refractivity contribution in [2.75, 3.05) is 56.2 Å². The van der Waals surface area contributed by atoms with E-state index < -0.39 is 21.8 Å². The van der Waals surface area contributed by atoms with Crippen LogP contribution in [0.2, 0.25) is 0 Å². The zero-order valence-corrected chi connectivity index (χ0v) is 26.7. The maximum atomic E-state index is 13.9. The van der Waals surface area contributed by atoms with Crippen LogP contribution in [0, 0.1) is 6.92 Å². The average Bonchev–Trinajstić information content (AvgIpc) is 2.99. The van der Waals surface area contributed by atoms with Gasteiger partial charge in [0.25, 0.3) is 5.91 Å². The molecule has 244 valence electrons. The number of anilines is 3. The number of carbonyl (C=O) groups is 1. The van der Waals surface area contributed by atoms with E-state index in [0.717, 1.165) is 42.0 Å². The van der Waals surface area contributed by atoms with Gasteiger partial charge in [0.2, 0.25) is 16.0 Å². The largest absolute Gasteiger partial charge is 0.495 e. The molecule has 0 atom stereocenters. The molecule has 0 bridgehead atoms. The van der Waals surface area contributed by atoms with Gasteiger partial charge in [0, 0.05) is 31.9 Å². The predicted octanol–water partition coefficient (Wildman–Crippen LogP) is 4.95. The van der Waals surface area contributed by atoms with Gasteiger partial charge in [-0.1, -0.05) is 18.6 Å². The Labute approximate surface area is 262 Å². The number of carbonyl (C=O) groups excluding carboxylic acids is 1. The third-order valence-electron chi connectivity index (χ3n) is 7.75. The second kappa shape index (κ2) is 14.5. The van der Waals surface area contributed by atoms with E-state index in [-0.39, 0.29) is 36.1 Å². The van der Waals surface area contributed by atoms with Crippen LogP contribution in [0.4, 0.5) is 30.5 Å². The number of piperidine rings is 1. The minimum Gasteiger partial charge on any atom is -0.495 e.